The van der Waals surface area contributed by atoms with Crippen LogP contribution < -0.4 is 0 Å². The van der Waals surface area contributed by atoms with Crippen molar-refractivity contribution < 1.29 is 17.9 Å². The Morgan fingerprint density at radius 3 is 2.50 bits per heavy atom. The van der Waals surface area contributed by atoms with E-state index in [0.717, 1.165) is 0 Å². The van der Waals surface area contributed by atoms with E-state index in [-0.39, 0.29) is 25.9 Å². The molecule has 0 spiro atoms. The van der Waals surface area contributed by atoms with Crippen molar-refractivity contribution in [2.45, 2.75) is 18.9 Å². The Morgan fingerprint density at radius 2 is 2.20 bits per heavy atom. The molecule has 0 aliphatic heterocycles. The molecule has 3 nitrogen and oxygen atoms in total. The quantitative estimate of drug-likeness (QED) is 0.417. The van der Waals surface area contributed by atoms with Crippen LogP contribution in [0.25, 0.3) is 0 Å². The number of aliphatic hydroxyl groups is 1. The zero-order chi connectivity index (χ0) is 7.28. The molecule has 0 aliphatic carbocycles. The molecule has 58 valence electrons. The monoisotopic (exact) mass is 176 g/mol. The number of carboxylic acids is 1. The molecule has 1 atom stereocenters. The largest absolute Gasteiger partial charge is 2.00 e. The van der Waals surface area contributed by atoms with Gasteiger partial charge in [0.25, 0.3) is 0 Å². The fraction of sp³-hybridized carbons (Fsp3) is 0.800. The van der Waals surface area contributed by atoms with E-state index in [1.54, 1.807) is 0 Å². The average Bonchev–Trinajstić information content (AvgIpc) is 1.82. The summed E-state index contributed by atoms with van der Waals surface area (Å²) in [6.45, 7) is 0. The van der Waals surface area contributed by atoms with Gasteiger partial charge in [-0.05, 0) is 18.6 Å². The van der Waals surface area contributed by atoms with Gasteiger partial charge in [0.1, 0.15) is 0 Å². The van der Waals surface area contributed by atoms with Gasteiger partial charge in [0.2, 0.25) is 0 Å². The second-order valence-electron chi connectivity index (χ2n) is 1.72. The van der Waals surface area contributed by atoms with Crippen molar-refractivity contribution in [3.05, 3.63) is 0 Å². The van der Waals surface area contributed by atoms with Crippen LogP contribution in [0.15, 0.2) is 0 Å². The van der Waals surface area contributed by atoms with Gasteiger partial charge in [-0.25, -0.2) is 4.79 Å². The predicted octanol–water partition coefficient (Wildman–Crippen LogP) is -0.0139. The van der Waals surface area contributed by atoms with E-state index in [2.05, 4.69) is 12.6 Å². The van der Waals surface area contributed by atoms with Crippen LogP contribution in [0.4, 0.5) is 0 Å². The molecule has 5 heteroatoms. The minimum atomic E-state index is -1.21. The molecule has 0 amide bonds. The van der Waals surface area contributed by atoms with Crippen LogP contribution in [-0.4, -0.2) is 51.1 Å². The molecule has 10 heavy (non-hydrogen) atoms. The molecule has 2 N–H and O–H groups in total. The second-order valence-corrected chi connectivity index (χ2v) is 2.17. The topological polar surface area (TPSA) is 57.5 Å². The van der Waals surface area contributed by atoms with Crippen molar-refractivity contribution in [2.24, 2.45) is 0 Å². The standard InChI is InChI=1S/C5H10O3S.Mg.2H/c6-4(5(7)8)2-1-3-9;;;/h4,6,9H,1-3H2,(H,7,8);;;/q;+2;2*-1. The van der Waals surface area contributed by atoms with Crippen molar-refractivity contribution in [1.29, 1.82) is 0 Å². The maximum absolute atomic E-state index is 9.93. The van der Waals surface area contributed by atoms with Gasteiger partial charge >= 0.3 is 29.0 Å². The molecule has 0 radical (unpaired) electrons. The Labute approximate surface area is 84.3 Å². The van der Waals surface area contributed by atoms with Crippen molar-refractivity contribution in [2.75, 3.05) is 5.75 Å². The summed E-state index contributed by atoms with van der Waals surface area (Å²) in [6, 6.07) is 0. The van der Waals surface area contributed by atoms with Crippen LogP contribution in [0.2, 0.25) is 0 Å². The maximum atomic E-state index is 9.93. The summed E-state index contributed by atoms with van der Waals surface area (Å²) >= 11 is 3.86. The number of aliphatic hydroxyl groups excluding tert-OH is 1. The number of aliphatic carboxylic acids is 1. The molecule has 0 bridgehead atoms. The van der Waals surface area contributed by atoms with Crippen LogP contribution >= 0.6 is 12.6 Å². The summed E-state index contributed by atoms with van der Waals surface area (Å²) in [5.74, 6) is -0.540. The van der Waals surface area contributed by atoms with Crippen molar-refractivity contribution in [1.82, 2.24) is 0 Å². The first-order chi connectivity index (χ1) is 4.18. The summed E-state index contributed by atoms with van der Waals surface area (Å²) in [4.78, 5) is 9.93. The van der Waals surface area contributed by atoms with Gasteiger partial charge in [-0.3, -0.25) is 0 Å². The molecule has 1 unspecified atom stereocenters. The van der Waals surface area contributed by atoms with Gasteiger partial charge in [0.15, 0.2) is 6.10 Å². The van der Waals surface area contributed by atoms with Gasteiger partial charge in [-0.15, -0.1) is 0 Å². The molecule has 0 heterocycles. The Balaban J connectivity index is -0.000000107. The number of hydrogen-bond donors (Lipinski definition) is 3. The summed E-state index contributed by atoms with van der Waals surface area (Å²) < 4.78 is 0. The van der Waals surface area contributed by atoms with Crippen LogP contribution in [-0.2, 0) is 4.79 Å². The molecule has 0 aromatic heterocycles. The third-order valence-electron chi connectivity index (χ3n) is 0.921. The van der Waals surface area contributed by atoms with Gasteiger partial charge in [0.05, 0.1) is 0 Å². The molecule has 0 saturated carbocycles. The van der Waals surface area contributed by atoms with Crippen LogP contribution in [0.1, 0.15) is 15.7 Å². The first kappa shape index (κ1) is 13.2. The average molecular weight is 177 g/mol. The van der Waals surface area contributed by atoms with Gasteiger partial charge < -0.3 is 13.1 Å². The summed E-state index contributed by atoms with van der Waals surface area (Å²) in [7, 11) is 0. The molecule has 0 aromatic rings. The van der Waals surface area contributed by atoms with E-state index in [9.17, 15) is 4.79 Å². The zero-order valence-corrected chi connectivity index (χ0v) is 7.96. The first-order valence-electron chi connectivity index (χ1n) is 2.70. The normalized spacial score (nSPS) is 11.8. The van der Waals surface area contributed by atoms with Crippen LogP contribution in [0.5, 0.6) is 0 Å². The van der Waals surface area contributed by atoms with Crippen molar-refractivity contribution in [3.8, 4) is 0 Å². The molecule has 0 aliphatic rings. The van der Waals surface area contributed by atoms with E-state index >= 15 is 0 Å². The smallest absolute Gasteiger partial charge is 1.00 e. The summed E-state index contributed by atoms with van der Waals surface area (Å²) in [5.41, 5.74) is 0. The number of thiol groups is 1. The third-order valence-corrected chi connectivity index (χ3v) is 1.24. The number of carbonyl (C=O) groups is 1. The maximum Gasteiger partial charge on any atom is 2.00 e. The molecular weight excluding hydrogens is 164 g/mol. The SMILES string of the molecule is O=C(O)C(O)CCCS.[H-].[H-].[Mg+2]. The third kappa shape index (κ3) is 6.66. The second kappa shape index (κ2) is 7.65. The Kier molecular flexibility index (Phi) is 10.1. The number of carboxylic acid groups (broad SMARTS) is 1. The van der Waals surface area contributed by atoms with E-state index in [1.165, 1.54) is 0 Å². The molecule has 0 aromatic carbocycles. The zero-order valence-electron chi connectivity index (χ0n) is 7.66. The van der Waals surface area contributed by atoms with E-state index in [0.29, 0.717) is 18.6 Å². The summed E-state index contributed by atoms with van der Waals surface area (Å²) in [6.07, 6.45) is -0.285. The van der Waals surface area contributed by atoms with E-state index < -0.39 is 12.1 Å². The van der Waals surface area contributed by atoms with Gasteiger partial charge in [-0.1, -0.05) is 0 Å². The van der Waals surface area contributed by atoms with Gasteiger partial charge in [0, 0.05) is 0 Å². The summed E-state index contributed by atoms with van der Waals surface area (Å²) in [5, 5.41) is 16.8. The van der Waals surface area contributed by atoms with Crippen molar-refractivity contribution in [3.63, 3.8) is 0 Å². The molecule has 0 fully saturated rings. The van der Waals surface area contributed by atoms with Crippen LogP contribution in [0.3, 0.4) is 0 Å². The number of rotatable bonds is 4. The van der Waals surface area contributed by atoms with Gasteiger partial charge in [-0.2, -0.15) is 12.6 Å². The Hall–Kier alpha value is 0.546. The number of hydrogen-bond acceptors (Lipinski definition) is 3. The minimum absolute atomic E-state index is 0. The fourth-order valence-electron chi connectivity index (χ4n) is 0.408. The minimum Gasteiger partial charge on any atom is -1.00 e. The molecule has 0 rings (SSSR count). The van der Waals surface area contributed by atoms with E-state index in [1.807, 2.05) is 0 Å². The van der Waals surface area contributed by atoms with Crippen molar-refractivity contribution >= 4 is 41.7 Å². The Bertz CT molecular complexity index is 107. The molecular formula is C5H12MgO3S. The molecule has 0 saturated heterocycles. The predicted molar refractivity (Wildman–Crippen MR) is 44.7 cm³/mol. The van der Waals surface area contributed by atoms with E-state index in [4.69, 9.17) is 10.2 Å². The first-order valence-corrected chi connectivity index (χ1v) is 3.33. The Morgan fingerprint density at radius 1 is 1.70 bits per heavy atom. The fourth-order valence-corrected chi connectivity index (χ4v) is 0.591. The van der Waals surface area contributed by atoms with Crippen LogP contribution in [0, 0.1) is 0 Å².